The van der Waals surface area contributed by atoms with Gasteiger partial charge in [-0.25, -0.2) is 9.78 Å². The van der Waals surface area contributed by atoms with Crippen molar-refractivity contribution < 1.29 is 9.78 Å². The van der Waals surface area contributed by atoms with Crippen molar-refractivity contribution in [2.75, 3.05) is 0 Å². The van der Waals surface area contributed by atoms with Gasteiger partial charge in [0.1, 0.15) is 6.10 Å². The molecule has 152 valence electrons. The van der Waals surface area contributed by atoms with Crippen LogP contribution in [-0.2, 0) is 9.78 Å². The Balaban J connectivity index is 1.73. The summed E-state index contributed by atoms with van der Waals surface area (Å²) in [7, 11) is 0. The Hall–Kier alpha value is -0.600. The molecule has 0 aromatic rings. The maximum atomic E-state index is 6.19. The second-order valence-electron chi connectivity index (χ2n) is 11.5. The molecular formula is C25H40O2. The fourth-order valence-electron chi connectivity index (χ4n) is 6.97. The van der Waals surface area contributed by atoms with Crippen LogP contribution in [0.15, 0.2) is 23.8 Å². The molecule has 0 spiro atoms. The molecule has 0 aromatic carbocycles. The van der Waals surface area contributed by atoms with E-state index in [0.29, 0.717) is 11.3 Å². The molecule has 2 heteroatoms. The van der Waals surface area contributed by atoms with E-state index in [0.717, 1.165) is 24.2 Å². The largest absolute Gasteiger partial charge is 0.230 e. The summed E-state index contributed by atoms with van der Waals surface area (Å²) in [5.74, 6) is 3.12. The third kappa shape index (κ3) is 3.06. The molecule has 0 aromatic heterocycles. The summed E-state index contributed by atoms with van der Waals surface area (Å²) in [6, 6.07) is 0. The van der Waals surface area contributed by atoms with Gasteiger partial charge in [0, 0.05) is 5.41 Å². The molecule has 7 atom stereocenters. The van der Waals surface area contributed by atoms with E-state index in [1.165, 1.54) is 44.1 Å². The van der Waals surface area contributed by atoms with Crippen molar-refractivity contribution in [2.24, 2.45) is 34.5 Å². The second-order valence-corrected chi connectivity index (χ2v) is 11.5. The van der Waals surface area contributed by atoms with E-state index in [2.05, 4.69) is 54.2 Å². The van der Waals surface area contributed by atoms with Gasteiger partial charge in [-0.15, -0.1) is 0 Å². The summed E-state index contributed by atoms with van der Waals surface area (Å²) in [6.45, 7) is 18.1. The first-order chi connectivity index (χ1) is 12.6. The minimum atomic E-state index is -0.291. The van der Waals surface area contributed by atoms with Gasteiger partial charge in [-0.2, -0.15) is 0 Å². The van der Waals surface area contributed by atoms with Gasteiger partial charge < -0.3 is 0 Å². The third-order valence-electron chi connectivity index (χ3n) is 8.73. The molecule has 0 bridgehead atoms. The van der Waals surface area contributed by atoms with Crippen molar-refractivity contribution in [1.82, 2.24) is 0 Å². The van der Waals surface area contributed by atoms with Gasteiger partial charge in [0.25, 0.3) is 0 Å². The van der Waals surface area contributed by atoms with Gasteiger partial charge in [-0.05, 0) is 94.8 Å². The van der Waals surface area contributed by atoms with Crippen molar-refractivity contribution in [1.29, 1.82) is 0 Å². The van der Waals surface area contributed by atoms with Crippen LogP contribution < -0.4 is 0 Å². The van der Waals surface area contributed by atoms with Crippen LogP contribution in [0.3, 0.4) is 0 Å². The van der Waals surface area contributed by atoms with Crippen molar-refractivity contribution in [3.63, 3.8) is 0 Å². The molecule has 3 saturated carbocycles. The molecule has 0 amide bonds. The fourth-order valence-corrected chi connectivity index (χ4v) is 6.97. The highest BCUT2D eigenvalue weighted by Gasteiger charge is 2.59. The van der Waals surface area contributed by atoms with Crippen LogP contribution >= 0.6 is 0 Å². The Morgan fingerprint density at radius 1 is 1.11 bits per heavy atom. The SMILES string of the molecule is C=C1CC[C@H]2[C@@H]3CC[C@@H]4C[C@H](C)CC[C@]4(C)C3=CC(OOC(C)(C)C)[C@]12C. The molecule has 0 radical (unpaired) electrons. The standard InChI is InChI=1S/C25H40O2/c1-16-12-13-24(6)18(14-16)9-10-19-20-11-8-17(2)25(20,7)22(15-21(19)24)26-27-23(3,4)5/h15-16,18-20,22H,2,8-14H2,1,3-7H3/t16-,18-,19+,20+,22?,24+,25-/m1/s1. The molecule has 4 aliphatic carbocycles. The van der Waals surface area contributed by atoms with Gasteiger partial charge in [0.05, 0.1) is 5.60 Å². The fraction of sp³-hybridized carbons (Fsp3) is 0.840. The Bertz CT molecular complexity index is 641. The number of allylic oxidation sites excluding steroid dienone is 1. The van der Waals surface area contributed by atoms with Crippen LogP contribution in [0.25, 0.3) is 0 Å². The lowest BCUT2D eigenvalue weighted by atomic mass is 9.48. The Kier molecular flexibility index (Phi) is 4.71. The van der Waals surface area contributed by atoms with E-state index >= 15 is 0 Å². The van der Waals surface area contributed by atoms with E-state index in [9.17, 15) is 0 Å². The first kappa shape index (κ1) is 19.7. The summed E-state index contributed by atoms with van der Waals surface area (Å²) in [6.07, 6.45) is 11.8. The highest BCUT2D eigenvalue weighted by Crippen LogP contribution is 2.65. The number of rotatable bonds is 2. The molecular weight excluding hydrogens is 332 g/mol. The molecule has 4 aliphatic rings. The van der Waals surface area contributed by atoms with Crippen LogP contribution in [0.2, 0.25) is 0 Å². The highest BCUT2D eigenvalue weighted by atomic mass is 17.2. The molecule has 27 heavy (non-hydrogen) atoms. The smallest absolute Gasteiger partial charge is 0.121 e. The number of hydrogen-bond donors (Lipinski definition) is 0. The summed E-state index contributed by atoms with van der Waals surface area (Å²) < 4.78 is 0. The van der Waals surface area contributed by atoms with Gasteiger partial charge in [-0.3, -0.25) is 0 Å². The Morgan fingerprint density at radius 3 is 2.56 bits per heavy atom. The maximum Gasteiger partial charge on any atom is 0.121 e. The van der Waals surface area contributed by atoms with E-state index in [4.69, 9.17) is 9.78 Å². The first-order valence-electron chi connectivity index (χ1n) is 11.3. The third-order valence-corrected chi connectivity index (χ3v) is 8.73. The van der Waals surface area contributed by atoms with Crippen molar-refractivity contribution in [3.05, 3.63) is 23.8 Å². The van der Waals surface area contributed by atoms with E-state index in [1.54, 1.807) is 5.57 Å². The van der Waals surface area contributed by atoms with E-state index in [-0.39, 0.29) is 17.1 Å². The van der Waals surface area contributed by atoms with Crippen LogP contribution in [0.5, 0.6) is 0 Å². The highest BCUT2D eigenvalue weighted by molar-refractivity contribution is 5.36. The monoisotopic (exact) mass is 372 g/mol. The summed E-state index contributed by atoms with van der Waals surface area (Å²) in [4.78, 5) is 12.1. The van der Waals surface area contributed by atoms with Crippen LogP contribution in [0.4, 0.5) is 0 Å². The van der Waals surface area contributed by atoms with Gasteiger partial charge in [0.15, 0.2) is 0 Å². The van der Waals surface area contributed by atoms with Crippen LogP contribution in [0.1, 0.15) is 86.5 Å². The van der Waals surface area contributed by atoms with E-state index < -0.39 is 0 Å². The molecule has 4 rings (SSSR count). The minimum absolute atomic E-state index is 0.00194. The van der Waals surface area contributed by atoms with Gasteiger partial charge >= 0.3 is 0 Å². The summed E-state index contributed by atoms with van der Waals surface area (Å²) in [5.41, 5.74) is 3.18. The molecule has 0 saturated heterocycles. The van der Waals surface area contributed by atoms with E-state index in [1.807, 2.05) is 0 Å². The average Bonchev–Trinajstić information content (AvgIpc) is 2.89. The van der Waals surface area contributed by atoms with Gasteiger partial charge in [-0.1, -0.05) is 44.6 Å². The Morgan fingerprint density at radius 2 is 1.85 bits per heavy atom. The maximum absolute atomic E-state index is 6.19. The predicted molar refractivity (Wildman–Crippen MR) is 111 cm³/mol. The summed E-state index contributed by atoms with van der Waals surface area (Å²) >= 11 is 0. The molecule has 2 nitrogen and oxygen atoms in total. The summed E-state index contributed by atoms with van der Waals surface area (Å²) in [5, 5.41) is 0. The lowest BCUT2D eigenvalue weighted by molar-refractivity contribution is -0.380. The van der Waals surface area contributed by atoms with Gasteiger partial charge in [0.2, 0.25) is 0 Å². The lowest BCUT2D eigenvalue weighted by Gasteiger charge is -2.57. The predicted octanol–water partition coefficient (Wildman–Crippen LogP) is 6.87. The molecule has 0 aliphatic heterocycles. The lowest BCUT2D eigenvalue weighted by Crippen LogP contribution is -2.51. The molecule has 0 N–H and O–H groups in total. The van der Waals surface area contributed by atoms with Crippen molar-refractivity contribution in [3.8, 4) is 0 Å². The molecule has 0 heterocycles. The van der Waals surface area contributed by atoms with Crippen molar-refractivity contribution >= 4 is 0 Å². The normalized spacial score (nSPS) is 47.1. The topological polar surface area (TPSA) is 18.5 Å². The Labute approximate surface area is 166 Å². The quantitative estimate of drug-likeness (QED) is 0.299. The molecule has 3 fully saturated rings. The number of fused-ring (bicyclic) bond motifs is 5. The van der Waals surface area contributed by atoms with Crippen molar-refractivity contribution in [2.45, 2.75) is 98.2 Å². The molecule has 1 unspecified atom stereocenters. The number of hydrogen-bond acceptors (Lipinski definition) is 2. The second kappa shape index (κ2) is 6.46. The van der Waals surface area contributed by atoms with Crippen LogP contribution in [-0.4, -0.2) is 11.7 Å². The first-order valence-corrected chi connectivity index (χ1v) is 11.3. The zero-order valence-corrected chi connectivity index (χ0v) is 18.4. The minimum Gasteiger partial charge on any atom is -0.230 e. The van der Waals surface area contributed by atoms with Crippen LogP contribution in [0, 0.1) is 34.5 Å². The average molecular weight is 373 g/mol. The zero-order chi connectivity index (χ0) is 19.6. The zero-order valence-electron chi connectivity index (χ0n) is 18.4.